The molecular formula is C22H16F2N4O. The van der Waals surface area contributed by atoms with E-state index in [2.05, 4.69) is 15.4 Å². The molecule has 0 aliphatic carbocycles. The van der Waals surface area contributed by atoms with Gasteiger partial charge in [-0.1, -0.05) is 29.8 Å². The minimum Gasteiger partial charge on any atom is -0.319 e. The first-order chi connectivity index (χ1) is 14.0. The maximum atomic E-state index is 13.4. The van der Waals surface area contributed by atoms with Crippen molar-refractivity contribution in [3.05, 3.63) is 95.8 Å². The zero-order valence-corrected chi connectivity index (χ0v) is 15.4. The number of rotatable bonds is 4. The quantitative estimate of drug-likeness (QED) is 0.546. The van der Waals surface area contributed by atoms with Crippen LogP contribution < -0.4 is 5.32 Å². The molecule has 7 heteroatoms. The van der Waals surface area contributed by atoms with Crippen LogP contribution in [-0.4, -0.2) is 20.7 Å². The van der Waals surface area contributed by atoms with Crippen molar-refractivity contribution in [2.24, 2.45) is 0 Å². The van der Waals surface area contributed by atoms with E-state index in [0.29, 0.717) is 17.2 Å². The fraction of sp³-hybridized carbons (Fsp3) is 0.0455. The number of carbonyl (C=O) groups excluding carboxylic acids is 1. The van der Waals surface area contributed by atoms with Crippen LogP contribution in [0.3, 0.4) is 0 Å². The Labute approximate surface area is 165 Å². The van der Waals surface area contributed by atoms with Crippen molar-refractivity contribution in [1.29, 1.82) is 0 Å². The second-order valence-corrected chi connectivity index (χ2v) is 6.48. The van der Waals surface area contributed by atoms with Crippen LogP contribution in [0.2, 0.25) is 0 Å². The number of aryl methyl sites for hydroxylation is 1. The van der Waals surface area contributed by atoms with Gasteiger partial charge >= 0.3 is 0 Å². The molecule has 144 valence electrons. The predicted octanol–water partition coefficient (Wildman–Crippen LogP) is 4.77. The van der Waals surface area contributed by atoms with E-state index in [0.717, 1.165) is 11.1 Å². The Morgan fingerprint density at radius 1 is 0.931 bits per heavy atom. The van der Waals surface area contributed by atoms with Crippen LogP contribution in [0, 0.1) is 18.6 Å². The minimum absolute atomic E-state index is 0.0879. The molecule has 0 aliphatic rings. The summed E-state index contributed by atoms with van der Waals surface area (Å²) in [7, 11) is 0. The lowest BCUT2D eigenvalue weighted by Crippen LogP contribution is -2.14. The van der Waals surface area contributed by atoms with Crippen LogP contribution in [0.4, 0.5) is 14.5 Å². The Bertz CT molecular complexity index is 1190. The summed E-state index contributed by atoms with van der Waals surface area (Å²) in [6, 6.07) is 18.9. The van der Waals surface area contributed by atoms with Gasteiger partial charge in [0.15, 0.2) is 5.82 Å². The Morgan fingerprint density at radius 3 is 2.41 bits per heavy atom. The maximum Gasteiger partial charge on any atom is 0.295 e. The standard InChI is InChI=1S/C22H16F2N4O/c1-14-4-2-5-15(12-14)21-26-20(22(29)25-18-7-3-6-17(24)13-18)27-28(21)19-10-8-16(23)9-11-19/h2-13H,1H3,(H,25,29). The zero-order chi connectivity index (χ0) is 20.4. The van der Waals surface area contributed by atoms with Gasteiger partial charge in [-0.25, -0.2) is 18.4 Å². The number of anilines is 1. The van der Waals surface area contributed by atoms with Crippen molar-refractivity contribution in [1.82, 2.24) is 14.8 Å². The third-order valence-electron chi connectivity index (χ3n) is 4.24. The van der Waals surface area contributed by atoms with Crippen molar-refractivity contribution in [3.8, 4) is 17.1 Å². The predicted molar refractivity (Wildman–Crippen MR) is 106 cm³/mol. The molecule has 0 unspecified atom stereocenters. The molecule has 0 spiro atoms. The normalized spacial score (nSPS) is 10.7. The highest BCUT2D eigenvalue weighted by Crippen LogP contribution is 2.23. The van der Waals surface area contributed by atoms with E-state index in [9.17, 15) is 13.6 Å². The van der Waals surface area contributed by atoms with Gasteiger partial charge in [-0.2, -0.15) is 0 Å². The van der Waals surface area contributed by atoms with Gasteiger partial charge in [-0.3, -0.25) is 4.79 Å². The van der Waals surface area contributed by atoms with E-state index in [1.54, 1.807) is 18.2 Å². The molecule has 1 N–H and O–H groups in total. The number of halogens is 2. The molecular weight excluding hydrogens is 374 g/mol. The monoisotopic (exact) mass is 390 g/mol. The van der Waals surface area contributed by atoms with Crippen LogP contribution >= 0.6 is 0 Å². The fourth-order valence-corrected chi connectivity index (χ4v) is 2.89. The molecule has 0 atom stereocenters. The Morgan fingerprint density at radius 2 is 1.69 bits per heavy atom. The molecule has 0 aliphatic heterocycles. The molecule has 4 aromatic rings. The molecule has 0 saturated carbocycles. The van der Waals surface area contributed by atoms with Crippen molar-refractivity contribution in [2.45, 2.75) is 6.92 Å². The number of hydrogen-bond acceptors (Lipinski definition) is 3. The summed E-state index contributed by atoms with van der Waals surface area (Å²) in [5, 5.41) is 6.90. The zero-order valence-electron chi connectivity index (χ0n) is 15.4. The van der Waals surface area contributed by atoms with Gasteiger partial charge in [-0.05, 0) is 55.5 Å². The molecule has 1 heterocycles. The van der Waals surface area contributed by atoms with E-state index in [1.807, 2.05) is 31.2 Å². The Balaban J connectivity index is 1.76. The molecule has 1 amide bonds. The van der Waals surface area contributed by atoms with Crippen molar-refractivity contribution < 1.29 is 13.6 Å². The van der Waals surface area contributed by atoms with Gasteiger partial charge in [0, 0.05) is 11.3 Å². The average molecular weight is 390 g/mol. The lowest BCUT2D eigenvalue weighted by molar-refractivity contribution is 0.101. The second kappa shape index (κ2) is 7.63. The molecule has 0 fully saturated rings. The lowest BCUT2D eigenvalue weighted by Gasteiger charge is -2.06. The second-order valence-electron chi connectivity index (χ2n) is 6.48. The first-order valence-corrected chi connectivity index (χ1v) is 8.86. The summed E-state index contributed by atoms with van der Waals surface area (Å²) in [6.45, 7) is 1.94. The summed E-state index contributed by atoms with van der Waals surface area (Å²) in [6.07, 6.45) is 0. The van der Waals surface area contributed by atoms with Crippen molar-refractivity contribution >= 4 is 11.6 Å². The van der Waals surface area contributed by atoms with Gasteiger partial charge in [0.25, 0.3) is 5.91 Å². The summed E-state index contributed by atoms with van der Waals surface area (Å²) in [5.74, 6) is -1.08. The summed E-state index contributed by atoms with van der Waals surface area (Å²) in [5.41, 5.74) is 2.62. The number of benzene rings is 3. The van der Waals surface area contributed by atoms with E-state index >= 15 is 0 Å². The number of hydrogen-bond donors (Lipinski definition) is 1. The van der Waals surface area contributed by atoms with Gasteiger partial charge in [0.2, 0.25) is 5.82 Å². The van der Waals surface area contributed by atoms with Crippen molar-refractivity contribution in [2.75, 3.05) is 5.32 Å². The van der Waals surface area contributed by atoms with E-state index in [1.165, 1.54) is 35.0 Å². The first kappa shape index (κ1) is 18.5. The van der Waals surface area contributed by atoms with E-state index < -0.39 is 11.7 Å². The molecule has 0 bridgehead atoms. The third-order valence-corrected chi connectivity index (χ3v) is 4.24. The number of carbonyl (C=O) groups is 1. The van der Waals surface area contributed by atoms with Gasteiger partial charge in [0.05, 0.1) is 5.69 Å². The molecule has 5 nitrogen and oxygen atoms in total. The smallest absolute Gasteiger partial charge is 0.295 e. The van der Waals surface area contributed by atoms with E-state index in [4.69, 9.17) is 0 Å². The van der Waals surface area contributed by atoms with Crippen molar-refractivity contribution in [3.63, 3.8) is 0 Å². The third kappa shape index (κ3) is 4.03. The molecule has 29 heavy (non-hydrogen) atoms. The lowest BCUT2D eigenvalue weighted by atomic mass is 10.1. The van der Waals surface area contributed by atoms with Crippen LogP contribution in [-0.2, 0) is 0 Å². The topological polar surface area (TPSA) is 59.8 Å². The highest BCUT2D eigenvalue weighted by Gasteiger charge is 2.19. The minimum atomic E-state index is -0.578. The molecule has 0 saturated heterocycles. The SMILES string of the molecule is Cc1cccc(-c2nc(C(=O)Nc3cccc(F)c3)nn2-c2ccc(F)cc2)c1. The van der Waals surface area contributed by atoms with Gasteiger partial charge in [0.1, 0.15) is 11.6 Å². The number of nitrogens with zero attached hydrogens (tertiary/aromatic N) is 3. The van der Waals surface area contributed by atoms with Crippen LogP contribution in [0.5, 0.6) is 0 Å². The Hall–Kier alpha value is -3.87. The van der Waals surface area contributed by atoms with Gasteiger partial charge < -0.3 is 5.32 Å². The van der Waals surface area contributed by atoms with Crippen LogP contribution in [0.25, 0.3) is 17.1 Å². The average Bonchev–Trinajstić information content (AvgIpc) is 3.14. The highest BCUT2D eigenvalue weighted by molar-refractivity contribution is 6.01. The maximum absolute atomic E-state index is 13.4. The summed E-state index contributed by atoms with van der Waals surface area (Å²) < 4.78 is 28.2. The highest BCUT2D eigenvalue weighted by atomic mass is 19.1. The summed E-state index contributed by atoms with van der Waals surface area (Å²) >= 11 is 0. The molecule has 0 radical (unpaired) electrons. The number of amides is 1. The Kier molecular flexibility index (Phi) is 4.87. The first-order valence-electron chi connectivity index (χ1n) is 8.86. The number of nitrogens with one attached hydrogen (secondary N) is 1. The number of aromatic nitrogens is 3. The fourth-order valence-electron chi connectivity index (χ4n) is 2.89. The van der Waals surface area contributed by atoms with Crippen LogP contribution in [0.1, 0.15) is 16.2 Å². The largest absolute Gasteiger partial charge is 0.319 e. The molecule has 1 aromatic heterocycles. The van der Waals surface area contributed by atoms with Gasteiger partial charge in [-0.15, -0.1) is 5.10 Å². The van der Waals surface area contributed by atoms with Crippen LogP contribution in [0.15, 0.2) is 72.8 Å². The van der Waals surface area contributed by atoms with E-state index in [-0.39, 0.29) is 11.6 Å². The molecule has 3 aromatic carbocycles. The summed E-state index contributed by atoms with van der Waals surface area (Å²) in [4.78, 5) is 17.0. The molecule has 4 rings (SSSR count).